The van der Waals surface area contributed by atoms with Crippen LogP contribution in [0.4, 0.5) is 263 Å². The standard InChI is InChI=1S/C57H24F60O12/c58-18-13(122)22(62)42(86,87)30(70,50(102,103)34(74,38(18,78)79)46(22,94)95)26(18,66)54(110,111)126-5-9(118)1-17(2-10(119)6-127-55(112,113)27(67)19(59)14(123)23(63)43(88,89)31(27,71)51(104,105)35(75,39(19,80)81)47(23,96)97,3-11(120)7-128-56(114,115)28(68)20(60)15(124)24(64)44(90,91)32(28,72)52(106,107)36(76,40(20,82)83)48(24,98)99)4-12(121)8-129-57(116,117)29(69)21(61)16(125)25(65)45(92,93)33(29,73)53(108,109)37(77,41(21,84)85)49(25,100)101/h9-12,118-121H,1-8H2. The molecule has 24 unspecified atom stereocenters. The van der Waals surface area contributed by atoms with E-state index in [0.29, 0.717) is 0 Å². The van der Waals surface area contributed by atoms with Crippen LogP contribution in [0.1, 0.15) is 25.7 Å². The van der Waals surface area contributed by atoms with Gasteiger partial charge < -0.3 is 39.4 Å². The number of halogens is 60. The minimum Gasteiger partial charge on any atom is -0.391 e. The van der Waals surface area contributed by atoms with Crippen molar-refractivity contribution in [1.82, 2.24) is 0 Å². The van der Waals surface area contributed by atoms with E-state index in [2.05, 4.69) is 18.9 Å². The van der Waals surface area contributed by atoms with Gasteiger partial charge in [0.1, 0.15) is 0 Å². The third kappa shape index (κ3) is 7.59. The summed E-state index contributed by atoms with van der Waals surface area (Å²) in [4.78, 5) is 50.7. The average Bonchev–Trinajstić information content (AvgIpc) is 0.606. The first-order valence-electron chi connectivity index (χ1n) is 32.8. The normalized spacial score (nSPS) is 49.4. The number of alkyl halides is 60. The van der Waals surface area contributed by atoms with E-state index in [0.717, 1.165) is 0 Å². The topological polar surface area (TPSA) is 186 Å². The van der Waals surface area contributed by atoms with Crippen LogP contribution in [0.5, 0.6) is 0 Å². The zero-order valence-electron chi connectivity index (χ0n) is 58.2. The molecule has 0 radical (unpaired) electrons. The number of rotatable bonds is 24. The molecule has 0 saturated heterocycles. The van der Waals surface area contributed by atoms with Gasteiger partial charge in [0.05, 0.1) is 50.8 Å². The van der Waals surface area contributed by atoms with Crippen LogP contribution in [0.3, 0.4) is 0 Å². The molecule has 129 heavy (non-hydrogen) atoms. The van der Waals surface area contributed by atoms with Crippen molar-refractivity contribution in [1.29, 1.82) is 0 Å². The largest absolute Gasteiger partial charge is 0.397 e. The Morgan fingerprint density at radius 3 is 0.419 bits per heavy atom. The van der Waals surface area contributed by atoms with E-state index >= 15 is 263 Å². The third-order valence-corrected chi connectivity index (χ3v) is 26.3. The number of carbonyl (C=O) groups is 4. The minimum absolute atomic E-state index is 2.67. The van der Waals surface area contributed by atoms with Crippen molar-refractivity contribution in [2.24, 2.45) is 5.41 Å². The Kier molecular flexibility index (Phi) is 18.6. The lowest BCUT2D eigenvalue weighted by Gasteiger charge is -2.72. The molecule has 0 spiro atoms. The molecule has 0 heterocycles. The molecule has 24 atom stereocenters. The molecular weight excluding hydrogens is 2020 g/mol. The van der Waals surface area contributed by atoms with Crippen molar-refractivity contribution < 1.29 is 322 Å². The second-order valence-electron chi connectivity index (χ2n) is 31.9. The molecule has 4 N–H and O–H groups in total. The second kappa shape index (κ2) is 23.5. The van der Waals surface area contributed by atoms with E-state index in [1.54, 1.807) is 0 Å². The van der Waals surface area contributed by atoms with E-state index < -0.39 is 338 Å². The predicted molar refractivity (Wildman–Crippen MR) is 264 cm³/mol. The molecule has 744 valence electrons. The summed E-state index contributed by atoms with van der Waals surface area (Å²) >= 11 is 0. The Morgan fingerprint density at radius 2 is 0.295 bits per heavy atom. The number of ether oxygens (including phenoxy) is 4. The molecule has 72 heteroatoms. The zero-order chi connectivity index (χ0) is 102. The summed E-state index contributed by atoms with van der Waals surface area (Å²) in [6.07, 6.45) is -71.4. The van der Waals surface area contributed by atoms with Crippen molar-refractivity contribution in [3.8, 4) is 0 Å². The maximum atomic E-state index is 17.0. The Bertz CT molecular complexity index is 4300. The molecular formula is C57H24F60O12. The fraction of sp³-hybridized carbons (Fsp3) is 0.930. The SMILES string of the molecule is O=C1C2(F)C(F)(F)C3(F)C(F)(F)C1(F)C(F)(C(F)(F)OCC(O)CC(CC(O)COC(F)(F)C1(F)C4(F)C(=O)C5(F)C(F)(F)C(F)(C4(F)F)C(F)(F)C1(F)C5(F)F)(CC(O)COC(F)(F)C1(F)C4(F)C(=O)C5(F)C(F)(F)C(F)(C4(F)F)C(F)(F)C1(F)C5(F)F)CC(O)COC(F)(F)C1(F)C4(F)C(=O)C5(F)C(F)(F)C(F)(C4(F)F)C(F)(F)C1(F)C5(F)F)C(F)(C2(F)F)C3(F)F. The van der Waals surface area contributed by atoms with Gasteiger partial charge in [-0.1, -0.05) is 0 Å². The van der Waals surface area contributed by atoms with Gasteiger partial charge in [0, 0.05) is 0 Å². The third-order valence-electron chi connectivity index (χ3n) is 26.3. The summed E-state index contributed by atoms with van der Waals surface area (Å²) in [5.74, 6) is -167. The van der Waals surface area contributed by atoms with Crippen LogP contribution >= 0.6 is 0 Å². The van der Waals surface area contributed by atoms with Crippen molar-refractivity contribution in [3.63, 3.8) is 0 Å². The molecule has 16 aliphatic rings. The van der Waals surface area contributed by atoms with Gasteiger partial charge in [0.25, 0.3) is 68.0 Å². The highest BCUT2D eigenvalue weighted by Crippen LogP contribution is 2.93. The number of aliphatic hydroxyl groups excluding tert-OH is 4. The van der Waals surface area contributed by atoms with E-state index in [9.17, 15) is 39.6 Å². The van der Waals surface area contributed by atoms with Crippen molar-refractivity contribution in [2.45, 2.75) is 283 Å². The van der Waals surface area contributed by atoms with Gasteiger partial charge in [-0.3, -0.25) is 19.2 Å². The quantitative estimate of drug-likeness (QED) is 0.0671. The molecule has 12 nitrogen and oxygen atoms in total. The summed E-state index contributed by atoms with van der Waals surface area (Å²) in [5.41, 5.74) is -183. The smallest absolute Gasteiger partial charge is 0.391 e. The predicted octanol–water partition coefficient (Wildman–Crippen LogP) is 14.2. The highest BCUT2D eigenvalue weighted by Gasteiger charge is 3.27. The van der Waals surface area contributed by atoms with E-state index in [1.807, 2.05) is 0 Å². The van der Waals surface area contributed by atoms with E-state index in [4.69, 9.17) is 0 Å². The number of aliphatic hydroxyl groups is 4. The van der Waals surface area contributed by atoms with E-state index in [1.165, 1.54) is 0 Å². The van der Waals surface area contributed by atoms with Gasteiger partial charge >= 0.3 is 165 Å². The van der Waals surface area contributed by atoms with Crippen LogP contribution in [0.2, 0.25) is 0 Å². The summed E-state index contributed by atoms with van der Waals surface area (Å²) in [7, 11) is 0. The van der Waals surface area contributed by atoms with Gasteiger partial charge in [-0.05, 0) is 31.1 Å². The first-order valence-corrected chi connectivity index (χ1v) is 32.8. The van der Waals surface area contributed by atoms with Crippen LogP contribution < -0.4 is 0 Å². The van der Waals surface area contributed by atoms with Gasteiger partial charge in [-0.15, -0.1) is 0 Å². The molecule has 16 saturated carbocycles. The van der Waals surface area contributed by atoms with Crippen molar-refractivity contribution in [2.75, 3.05) is 26.4 Å². The first kappa shape index (κ1) is 102. The summed E-state index contributed by atoms with van der Waals surface area (Å²) in [6, 6.07) is 0. The minimum atomic E-state index is -9.25. The fourth-order valence-corrected chi connectivity index (χ4v) is 20.1. The zero-order valence-corrected chi connectivity index (χ0v) is 58.2. The van der Waals surface area contributed by atoms with E-state index in [-0.39, 0.29) is 0 Å². The number of ketones is 4. The fourth-order valence-electron chi connectivity index (χ4n) is 20.1. The van der Waals surface area contributed by atoms with Gasteiger partial charge in [0.15, 0.2) is 0 Å². The maximum absolute atomic E-state index is 17.0. The average molecular weight is 2040 g/mol. The van der Waals surface area contributed by atoms with Gasteiger partial charge in [-0.2, -0.15) is 176 Å². The first-order chi connectivity index (χ1) is 56.0. The molecule has 0 aliphatic heterocycles. The lowest BCUT2D eigenvalue weighted by molar-refractivity contribution is -0.555. The Morgan fingerprint density at radius 1 is 0.186 bits per heavy atom. The number of carbonyl (C=O) groups excluding carboxylic acids is 4. The highest BCUT2D eigenvalue weighted by atomic mass is 19.4. The highest BCUT2D eigenvalue weighted by molar-refractivity contribution is 6.08. The van der Waals surface area contributed by atoms with Crippen LogP contribution in [-0.4, -0.2) is 327 Å². The second-order valence-corrected chi connectivity index (χ2v) is 31.9. The van der Waals surface area contributed by atoms with Crippen LogP contribution in [0, 0.1) is 5.41 Å². The van der Waals surface area contributed by atoms with Crippen molar-refractivity contribution in [3.05, 3.63) is 0 Å². The lowest BCUT2D eigenvalue weighted by Crippen LogP contribution is -3.08. The number of hydrogen-bond acceptors (Lipinski definition) is 12. The maximum Gasteiger partial charge on any atom is 0.397 e. The Labute approximate surface area is 659 Å². The molecule has 0 aromatic carbocycles. The lowest BCUT2D eigenvalue weighted by atomic mass is 9.38. The molecule has 0 aromatic heterocycles. The number of Topliss-reactive ketones (excluding diaryl/α,β-unsaturated/α-hetero) is 4. The van der Waals surface area contributed by atoms with Gasteiger partial charge in [-0.25, -0.2) is 87.8 Å². The summed E-state index contributed by atoms with van der Waals surface area (Å²) in [5, 5.41) is 44.2. The van der Waals surface area contributed by atoms with Crippen LogP contribution in [-0.2, 0) is 38.1 Å². The molecule has 0 amide bonds. The molecule has 16 aliphatic carbocycles. The molecule has 16 bridgehead atoms. The Hall–Kier alpha value is -5.84. The summed E-state index contributed by atoms with van der Waals surface area (Å²) in [6.45, 7) is -17.4. The Balaban J connectivity index is 1.02. The molecule has 16 rings (SSSR count). The van der Waals surface area contributed by atoms with Crippen LogP contribution in [0.25, 0.3) is 0 Å². The van der Waals surface area contributed by atoms with Crippen LogP contribution in [0.15, 0.2) is 0 Å². The van der Waals surface area contributed by atoms with Gasteiger partial charge in [0.2, 0.25) is 23.1 Å². The molecule has 0 aromatic rings. The monoisotopic (exact) mass is 2040 g/mol. The van der Waals surface area contributed by atoms with Crippen molar-refractivity contribution >= 4 is 23.1 Å². The number of hydrogen-bond donors (Lipinski definition) is 4. The molecule has 16 fully saturated rings. The summed E-state index contributed by atoms with van der Waals surface area (Å²) < 4.78 is 965.